The summed E-state index contributed by atoms with van der Waals surface area (Å²) in [6, 6.07) is 12.0. The molecule has 0 aliphatic heterocycles. The van der Waals surface area contributed by atoms with Crippen LogP contribution in [-0.4, -0.2) is 0 Å². The Morgan fingerprint density at radius 1 is 0.556 bits per heavy atom. The predicted octanol–water partition coefficient (Wildman–Crippen LogP) is 6.24. The molecule has 5 heteroatoms. The van der Waals surface area contributed by atoms with Gasteiger partial charge < -0.3 is 0 Å². The van der Waals surface area contributed by atoms with Crippen LogP contribution in [0.25, 0.3) is 0 Å². The molecule has 0 aromatic heterocycles. The minimum absolute atomic E-state index is 0.0202. The molecule has 2 aromatic carbocycles. The van der Waals surface area contributed by atoms with Crippen LogP contribution < -0.4 is 5.63 Å². The van der Waals surface area contributed by atoms with Crippen LogP contribution in [0.15, 0.2) is 97.1 Å². The van der Waals surface area contributed by atoms with Crippen molar-refractivity contribution >= 4 is 0 Å². The number of halogens is 2. The quantitative estimate of drug-likeness (QED) is 0.526. The molecule has 0 atom stereocenters. The summed E-state index contributed by atoms with van der Waals surface area (Å²) in [4.78, 5) is 0. The second-order valence-corrected chi connectivity index (χ2v) is 14.3. The van der Waals surface area contributed by atoms with Gasteiger partial charge in [0.05, 0.1) is 0 Å². The van der Waals surface area contributed by atoms with Crippen molar-refractivity contribution in [2.45, 2.75) is 7.25 Å². The Kier molecular flexibility index (Phi) is 5.22. The van der Waals surface area contributed by atoms with E-state index >= 15 is 0 Å². The van der Waals surface area contributed by atoms with Crippen LogP contribution in [-0.2, 0) is 21.1 Å². The van der Waals surface area contributed by atoms with Gasteiger partial charge in [0.2, 0.25) is 0 Å². The van der Waals surface area contributed by atoms with Crippen molar-refractivity contribution in [1.29, 1.82) is 0 Å². The minimum atomic E-state index is -4.01. The van der Waals surface area contributed by atoms with Crippen LogP contribution in [0.5, 0.6) is 11.5 Å². The molecule has 0 unspecified atom stereocenters. The molecule has 27 heavy (non-hydrogen) atoms. The van der Waals surface area contributed by atoms with E-state index in [0.29, 0.717) is 11.5 Å². The van der Waals surface area contributed by atoms with E-state index in [2.05, 4.69) is 24.3 Å². The van der Waals surface area contributed by atoms with Gasteiger partial charge in [-0.1, -0.05) is 0 Å². The topological polar surface area (TPSA) is 18.5 Å². The Labute approximate surface area is 162 Å². The number of benzene rings is 2. The van der Waals surface area contributed by atoms with Crippen molar-refractivity contribution in [3.05, 3.63) is 109 Å². The standard InChI is InChI=1S/2C6H5FO.2C5H5.Zr/c2*7-5-1-3-6(8)4-2-5;2*1-2-4-5-3-1;/h2*1-4,8H;2*1-5H;/q;;;;+2/p-2. The average Bonchev–Trinajstić information content (AvgIpc) is 3.39. The van der Waals surface area contributed by atoms with E-state index < -0.39 is 21.1 Å². The Morgan fingerprint density at radius 2 is 0.889 bits per heavy atom. The van der Waals surface area contributed by atoms with Crippen molar-refractivity contribution in [2.24, 2.45) is 0 Å². The Bertz CT molecular complexity index is 813. The molecule has 0 amide bonds. The van der Waals surface area contributed by atoms with E-state index in [4.69, 9.17) is 5.63 Å². The van der Waals surface area contributed by atoms with E-state index in [-0.39, 0.29) is 18.9 Å². The normalized spacial score (nSPS) is 16.4. The molecule has 0 radical (unpaired) electrons. The van der Waals surface area contributed by atoms with Gasteiger partial charge in [-0.05, 0) is 0 Å². The van der Waals surface area contributed by atoms with Crippen molar-refractivity contribution in [3.63, 3.8) is 0 Å². The van der Waals surface area contributed by atoms with Crippen molar-refractivity contribution in [1.82, 2.24) is 0 Å². The molecule has 0 fully saturated rings. The predicted molar refractivity (Wildman–Crippen MR) is 98.1 cm³/mol. The monoisotopic (exact) mass is 442 g/mol. The summed E-state index contributed by atoms with van der Waals surface area (Å²) in [5.74, 6) is 0.529. The molecule has 4 rings (SSSR count). The van der Waals surface area contributed by atoms with E-state index in [1.54, 1.807) is 24.3 Å². The molecule has 0 heterocycles. The summed E-state index contributed by atoms with van der Waals surface area (Å²) < 4.78 is 39.9. The van der Waals surface area contributed by atoms with Crippen LogP contribution in [0, 0.1) is 11.6 Å². The van der Waals surface area contributed by atoms with Crippen LogP contribution in [0.1, 0.15) is 0 Å². The summed E-state index contributed by atoms with van der Waals surface area (Å²) in [7, 11) is 0. The molecule has 136 valence electrons. The first-order valence-corrected chi connectivity index (χ1v) is 13.6. The maximum atomic E-state index is 13.4. The second kappa shape index (κ2) is 7.78. The summed E-state index contributed by atoms with van der Waals surface area (Å²) >= 11 is -4.01. The molecule has 2 nitrogen and oxygen atoms in total. The fraction of sp³-hybridized carbons (Fsp3) is 0.0909. The Balaban J connectivity index is 1.77. The first-order valence-electron chi connectivity index (χ1n) is 8.75. The average molecular weight is 444 g/mol. The number of rotatable bonds is 6. The zero-order valence-electron chi connectivity index (χ0n) is 14.5. The van der Waals surface area contributed by atoms with Gasteiger partial charge in [0.25, 0.3) is 0 Å². The summed E-state index contributed by atoms with van der Waals surface area (Å²) in [5, 5.41) is 0. The van der Waals surface area contributed by atoms with Gasteiger partial charge in [0.1, 0.15) is 0 Å². The fourth-order valence-corrected chi connectivity index (χ4v) is 12.0. The third kappa shape index (κ3) is 3.89. The van der Waals surface area contributed by atoms with E-state index in [1.807, 2.05) is 24.3 Å². The SMILES string of the molecule is Fc1ccc([O][Zr]([O]c2ccc(F)cc2)([CH]2C=CC=C2)[CH]2C=CC=C2)cc1. The Hall–Kier alpha value is -2.26. The van der Waals surface area contributed by atoms with Gasteiger partial charge in [-0.2, -0.15) is 0 Å². The summed E-state index contributed by atoms with van der Waals surface area (Å²) in [6.45, 7) is 0. The number of hydrogen-bond donors (Lipinski definition) is 0. The molecule has 2 aliphatic rings. The van der Waals surface area contributed by atoms with Crippen LogP contribution in [0.3, 0.4) is 0 Å². The molecule has 2 aliphatic carbocycles. The summed E-state index contributed by atoms with van der Waals surface area (Å²) in [6.07, 6.45) is 16.3. The zero-order chi connectivity index (χ0) is 18.7. The fourth-order valence-electron chi connectivity index (χ4n) is 3.29. The van der Waals surface area contributed by atoms with Gasteiger partial charge in [0, 0.05) is 0 Å². The van der Waals surface area contributed by atoms with Crippen molar-refractivity contribution < 1.29 is 35.6 Å². The van der Waals surface area contributed by atoms with E-state index in [0.717, 1.165) is 0 Å². The van der Waals surface area contributed by atoms with Gasteiger partial charge in [-0.3, -0.25) is 0 Å². The first kappa shape index (κ1) is 18.1. The van der Waals surface area contributed by atoms with Crippen molar-refractivity contribution in [3.8, 4) is 11.5 Å². The van der Waals surface area contributed by atoms with Crippen LogP contribution >= 0.6 is 0 Å². The van der Waals surface area contributed by atoms with Gasteiger partial charge in [-0.25, -0.2) is 0 Å². The molecule has 0 N–H and O–H groups in total. The van der Waals surface area contributed by atoms with Crippen LogP contribution in [0.4, 0.5) is 8.78 Å². The van der Waals surface area contributed by atoms with Gasteiger partial charge in [0.15, 0.2) is 0 Å². The van der Waals surface area contributed by atoms with Gasteiger partial charge >= 0.3 is 163 Å². The second-order valence-electron chi connectivity index (χ2n) is 6.42. The summed E-state index contributed by atoms with van der Waals surface area (Å²) in [5.41, 5.74) is 0. The van der Waals surface area contributed by atoms with Crippen molar-refractivity contribution in [2.75, 3.05) is 0 Å². The third-order valence-corrected chi connectivity index (χ3v) is 13.8. The molecule has 0 bridgehead atoms. The first-order chi connectivity index (χ1) is 13.2. The maximum absolute atomic E-state index is 13.4. The van der Waals surface area contributed by atoms with E-state index in [9.17, 15) is 8.78 Å². The molecular weight excluding hydrogens is 425 g/mol. The Morgan fingerprint density at radius 3 is 1.22 bits per heavy atom. The molecule has 0 saturated carbocycles. The van der Waals surface area contributed by atoms with Gasteiger partial charge in [-0.15, -0.1) is 0 Å². The molecular formula is C22H18F2O2Zr. The molecule has 0 saturated heterocycles. The molecule has 0 spiro atoms. The molecule has 2 aromatic rings. The van der Waals surface area contributed by atoms with Crippen LogP contribution in [0.2, 0.25) is 7.25 Å². The zero-order valence-corrected chi connectivity index (χ0v) is 16.9. The third-order valence-electron chi connectivity index (χ3n) is 4.61. The van der Waals surface area contributed by atoms with E-state index in [1.165, 1.54) is 24.3 Å². The number of hydrogen-bond acceptors (Lipinski definition) is 2. The number of allylic oxidation sites excluding steroid dienone is 8.